The first-order chi connectivity index (χ1) is 16.7. The third-order valence-electron chi connectivity index (χ3n) is 6.89. The van der Waals surface area contributed by atoms with Crippen LogP contribution in [0.4, 0.5) is 11.5 Å². The number of hydrogen-bond donors (Lipinski definition) is 2. The van der Waals surface area contributed by atoms with Crippen LogP contribution >= 0.6 is 0 Å². The smallest absolute Gasteiger partial charge is 0.313 e. The van der Waals surface area contributed by atoms with Gasteiger partial charge in [0.2, 0.25) is 5.91 Å². The number of hydrogen-bond acceptors (Lipinski definition) is 5. The summed E-state index contributed by atoms with van der Waals surface area (Å²) in [4.78, 5) is 45.2. The van der Waals surface area contributed by atoms with Gasteiger partial charge in [0, 0.05) is 26.6 Å². The van der Waals surface area contributed by atoms with Crippen LogP contribution in [0.3, 0.4) is 0 Å². The highest BCUT2D eigenvalue weighted by molar-refractivity contribution is 6.39. The fourth-order valence-electron chi connectivity index (χ4n) is 4.86. The van der Waals surface area contributed by atoms with Gasteiger partial charge in [-0.1, -0.05) is 24.8 Å². The molecule has 2 aliphatic rings. The maximum atomic E-state index is 13.1. The van der Waals surface area contributed by atoms with Gasteiger partial charge in [-0.2, -0.15) is 0 Å². The van der Waals surface area contributed by atoms with Crippen molar-refractivity contribution in [3.8, 4) is 0 Å². The topological polar surface area (TPSA) is 109 Å². The molecule has 0 unspecified atom stereocenters. The molecule has 188 valence electrons. The summed E-state index contributed by atoms with van der Waals surface area (Å²) in [7, 11) is 0. The molecule has 8 heteroatoms. The van der Waals surface area contributed by atoms with Gasteiger partial charge in [0.05, 0.1) is 17.9 Å². The average Bonchev–Trinajstić information content (AvgIpc) is 2.85. The van der Waals surface area contributed by atoms with Crippen molar-refractivity contribution in [2.45, 2.75) is 58.9 Å². The van der Waals surface area contributed by atoms with E-state index in [9.17, 15) is 14.4 Å². The van der Waals surface area contributed by atoms with Crippen molar-refractivity contribution in [1.82, 2.24) is 14.8 Å². The lowest BCUT2D eigenvalue weighted by molar-refractivity contribution is -0.145. The van der Waals surface area contributed by atoms with Crippen molar-refractivity contribution in [2.24, 2.45) is 5.92 Å². The summed E-state index contributed by atoms with van der Waals surface area (Å²) in [5.74, 6) is -0.428. The SMILES string of the molecule is C=C(/C=C(\C=C/C)C1CCN(C(C)=O)CC1)[C@@H]1CCCCN1C(=O)C(=O)Nc1cnc(N)c(C)c1. The van der Waals surface area contributed by atoms with E-state index in [1.807, 2.05) is 17.9 Å². The standard InChI is InChI=1S/C27H37N5O3/c1-5-8-22(21-10-13-31(14-11-21)20(4)33)15-18(2)24-9-6-7-12-32(24)27(35)26(34)30-23-16-19(3)25(28)29-17-23/h5,8,15-17,21,24H,2,6-7,9-14H2,1,3-4H3,(H2,28,29)(H,30,34)/b8-5-,22-15+/t24-/m0/s1. The lowest BCUT2D eigenvalue weighted by Gasteiger charge is -2.36. The van der Waals surface area contributed by atoms with Crippen LogP contribution in [-0.2, 0) is 14.4 Å². The number of nitrogen functional groups attached to an aromatic ring is 1. The van der Waals surface area contributed by atoms with Gasteiger partial charge in [0.15, 0.2) is 0 Å². The zero-order valence-electron chi connectivity index (χ0n) is 21.0. The lowest BCUT2D eigenvalue weighted by Crippen LogP contribution is -2.49. The number of amides is 3. The highest BCUT2D eigenvalue weighted by atomic mass is 16.2. The molecule has 0 aliphatic carbocycles. The second-order valence-corrected chi connectivity index (χ2v) is 9.39. The molecule has 3 amide bonds. The van der Waals surface area contributed by atoms with E-state index in [-0.39, 0.29) is 11.9 Å². The molecule has 0 aromatic carbocycles. The number of rotatable bonds is 5. The van der Waals surface area contributed by atoms with Crippen molar-refractivity contribution in [2.75, 3.05) is 30.7 Å². The number of nitrogens with zero attached hydrogens (tertiary/aromatic N) is 3. The molecule has 2 aliphatic heterocycles. The Morgan fingerprint density at radius 1 is 1.17 bits per heavy atom. The molecule has 1 aromatic rings. The van der Waals surface area contributed by atoms with E-state index >= 15 is 0 Å². The minimum Gasteiger partial charge on any atom is -0.383 e. The number of aryl methyl sites for hydroxylation is 1. The molecule has 2 fully saturated rings. The maximum absolute atomic E-state index is 13.1. The fourth-order valence-corrected chi connectivity index (χ4v) is 4.86. The van der Waals surface area contributed by atoms with Crippen LogP contribution in [0.5, 0.6) is 0 Å². The summed E-state index contributed by atoms with van der Waals surface area (Å²) in [6, 6.07) is 1.47. The molecule has 2 saturated heterocycles. The van der Waals surface area contributed by atoms with E-state index in [0.29, 0.717) is 24.0 Å². The third kappa shape index (κ3) is 6.59. The quantitative estimate of drug-likeness (QED) is 0.495. The van der Waals surface area contributed by atoms with Crippen molar-refractivity contribution in [3.63, 3.8) is 0 Å². The molecule has 3 heterocycles. The zero-order chi connectivity index (χ0) is 25.5. The minimum atomic E-state index is -0.690. The number of piperidine rings is 2. The van der Waals surface area contributed by atoms with E-state index in [1.165, 1.54) is 6.20 Å². The van der Waals surface area contributed by atoms with Crippen LogP contribution in [0.1, 0.15) is 51.5 Å². The predicted octanol–water partition coefficient (Wildman–Crippen LogP) is 3.61. The number of pyridine rings is 1. The molecule has 0 spiro atoms. The Kier molecular flexibility index (Phi) is 8.84. The molecular weight excluding hydrogens is 442 g/mol. The molecule has 1 atom stereocenters. The largest absolute Gasteiger partial charge is 0.383 e. The van der Waals surface area contributed by atoms with Crippen molar-refractivity contribution < 1.29 is 14.4 Å². The summed E-state index contributed by atoms with van der Waals surface area (Å²) in [6.45, 7) is 11.7. The summed E-state index contributed by atoms with van der Waals surface area (Å²) < 4.78 is 0. The van der Waals surface area contributed by atoms with Crippen molar-refractivity contribution >= 4 is 29.2 Å². The van der Waals surface area contributed by atoms with E-state index in [0.717, 1.165) is 61.9 Å². The Hall–Kier alpha value is -3.42. The second-order valence-electron chi connectivity index (χ2n) is 9.39. The summed E-state index contributed by atoms with van der Waals surface area (Å²) in [5, 5.41) is 2.66. The number of carbonyl (C=O) groups is 3. The van der Waals surface area contributed by atoms with Crippen LogP contribution in [0.25, 0.3) is 0 Å². The number of likely N-dealkylation sites (tertiary alicyclic amines) is 2. The third-order valence-corrected chi connectivity index (χ3v) is 6.89. The Balaban J connectivity index is 1.73. The van der Waals surface area contributed by atoms with Crippen LogP contribution in [0, 0.1) is 12.8 Å². The van der Waals surface area contributed by atoms with Crippen LogP contribution in [0.15, 0.2) is 48.2 Å². The van der Waals surface area contributed by atoms with Gasteiger partial charge in [0.25, 0.3) is 0 Å². The number of carbonyl (C=O) groups excluding carboxylic acids is 3. The van der Waals surface area contributed by atoms with Gasteiger partial charge in [-0.25, -0.2) is 4.98 Å². The molecule has 0 bridgehead atoms. The van der Waals surface area contributed by atoms with Gasteiger partial charge in [-0.15, -0.1) is 0 Å². The second kappa shape index (κ2) is 11.8. The lowest BCUT2D eigenvalue weighted by atomic mass is 9.86. The first-order valence-corrected chi connectivity index (χ1v) is 12.3. The number of nitrogens with one attached hydrogen (secondary N) is 1. The Morgan fingerprint density at radius 2 is 1.89 bits per heavy atom. The van der Waals surface area contributed by atoms with Gasteiger partial charge >= 0.3 is 11.8 Å². The molecule has 35 heavy (non-hydrogen) atoms. The number of aromatic nitrogens is 1. The van der Waals surface area contributed by atoms with Crippen LogP contribution < -0.4 is 11.1 Å². The van der Waals surface area contributed by atoms with Gasteiger partial charge in [-0.3, -0.25) is 14.4 Å². The average molecular weight is 480 g/mol. The fraction of sp³-hybridized carbons (Fsp3) is 0.481. The molecule has 8 nitrogen and oxygen atoms in total. The van der Waals surface area contributed by atoms with E-state index in [4.69, 9.17) is 5.73 Å². The number of nitrogens with two attached hydrogens (primary N) is 1. The molecule has 1 aromatic heterocycles. The van der Waals surface area contributed by atoms with Crippen LogP contribution in [-0.4, -0.2) is 58.2 Å². The van der Waals surface area contributed by atoms with Gasteiger partial charge in [0.1, 0.15) is 5.82 Å². The molecule has 0 radical (unpaired) electrons. The van der Waals surface area contributed by atoms with Crippen molar-refractivity contribution in [3.05, 3.63) is 53.8 Å². The summed E-state index contributed by atoms with van der Waals surface area (Å²) in [5.41, 5.74) is 8.91. The number of allylic oxidation sites excluding steroid dienone is 3. The van der Waals surface area contributed by atoms with E-state index < -0.39 is 11.8 Å². The van der Waals surface area contributed by atoms with E-state index in [2.05, 4.69) is 29.0 Å². The Morgan fingerprint density at radius 3 is 2.51 bits per heavy atom. The zero-order valence-corrected chi connectivity index (χ0v) is 21.0. The normalized spacial score (nSPS) is 19.6. The molecule has 3 N–H and O–H groups in total. The Labute approximate surface area is 207 Å². The molecule has 0 saturated carbocycles. The van der Waals surface area contributed by atoms with E-state index in [1.54, 1.807) is 24.8 Å². The first kappa shape index (κ1) is 26.2. The maximum Gasteiger partial charge on any atom is 0.313 e. The Bertz CT molecular complexity index is 1040. The van der Waals surface area contributed by atoms with Gasteiger partial charge < -0.3 is 20.9 Å². The van der Waals surface area contributed by atoms with Crippen LogP contribution in [0.2, 0.25) is 0 Å². The van der Waals surface area contributed by atoms with Gasteiger partial charge in [-0.05, 0) is 74.6 Å². The summed E-state index contributed by atoms with van der Waals surface area (Å²) >= 11 is 0. The number of anilines is 2. The predicted molar refractivity (Wildman–Crippen MR) is 138 cm³/mol. The minimum absolute atomic E-state index is 0.115. The van der Waals surface area contributed by atoms with Crippen molar-refractivity contribution in [1.29, 1.82) is 0 Å². The monoisotopic (exact) mass is 479 g/mol. The first-order valence-electron chi connectivity index (χ1n) is 12.3. The summed E-state index contributed by atoms with van der Waals surface area (Å²) in [6.07, 6.45) is 12.0. The highest BCUT2D eigenvalue weighted by Crippen LogP contribution is 2.30. The highest BCUT2D eigenvalue weighted by Gasteiger charge is 2.32. The molecular formula is C27H37N5O3. The molecule has 3 rings (SSSR count).